The van der Waals surface area contributed by atoms with E-state index in [-0.39, 0.29) is 0 Å². The van der Waals surface area contributed by atoms with Crippen LogP contribution >= 0.6 is 0 Å². The van der Waals surface area contributed by atoms with E-state index in [1.54, 1.807) is 7.11 Å². The van der Waals surface area contributed by atoms with Gasteiger partial charge in [-0.2, -0.15) is 0 Å². The van der Waals surface area contributed by atoms with Gasteiger partial charge in [0.1, 0.15) is 5.75 Å². The zero-order chi connectivity index (χ0) is 14.1. The molecule has 2 aliphatic rings. The quantitative estimate of drug-likeness (QED) is 0.912. The molecule has 0 amide bonds. The third-order valence-corrected chi connectivity index (χ3v) is 5.05. The van der Waals surface area contributed by atoms with Gasteiger partial charge in [-0.15, -0.1) is 0 Å². The average molecular weight is 274 g/mol. The number of likely N-dealkylation sites (tertiary alicyclic amines) is 1. The molecule has 1 aromatic carbocycles. The van der Waals surface area contributed by atoms with Crippen molar-refractivity contribution in [2.24, 2.45) is 11.8 Å². The van der Waals surface area contributed by atoms with Gasteiger partial charge in [0.15, 0.2) is 0 Å². The molecule has 3 rings (SSSR count). The molecule has 1 aromatic rings. The van der Waals surface area contributed by atoms with Crippen molar-refractivity contribution in [1.29, 1.82) is 0 Å². The van der Waals surface area contributed by atoms with Crippen molar-refractivity contribution >= 4 is 0 Å². The maximum absolute atomic E-state index is 5.53. The highest BCUT2D eigenvalue weighted by atomic mass is 16.5. The lowest BCUT2D eigenvalue weighted by molar-refractivity contribution is 0.208. The van der Waals surface area contributed by atoms with Crippen LogP contribution < -0.4 is 10.1 Å². The summed E-state index contributed by atoms with van der Waals surface area (Å²) in [4.78, 5) is 2.67. The Balaban J connectivity index is 1.79. The average Bonchev–Trinajstić information content (AvgIpc) is 2.99. The summed E-state index contributed by atoms with van der Waals surface area (Å²) in [6.07, 6.45) is 1.25. The zero-order valence-corrected chi connectivity index (χ0v) is 12.9. The molecule has 110 valence electrons. The fourth-order valence-corrected chi connectivity index (χ4v) is 4.10. The van der Waals surface area contributed by atoms with E-state index in [1.165, 1.54) is 37.2 Å². The molecule has 1 N–H and O–H groups in total. The van der Waals surface area contributed by atoms with E-state index < -0.39 is 0 Å². The number of aryl methyl sites for hydroxylation is 1. The van der Waals surface area contributed by atoms with Gasteiger partial charge in [0.05, 0.1) is 7.11 Å². The lowest BCUT2D eigenvalue weighted by atomic mass is 9.93. The zero-order valence-electron chi connectivity index (χ0n) is 12.9. The number of hydrogen-bond donors (Lipinski definition) is 1. The minimum Gasteiger partial charge on any atom is -0.496 e. The van der Waals surface area contributed by atoms with E-state index >= 15 is 0 Å². The molecule has 3 nitrogen and oxygen atoms in total. The van der Waals surface area contributed by atoms with Crippen LogP contribution in [0.25, 0.3) is 0 Å². The van der Waals surface area contributed by atoms with E-state index in [9.17, 15) is 0 Å². The van der Waals surface area contributed by atoms with Crippen LogP contribution in [0.4, 0.5) is 0 Å². The van der Waals surface area contributed by atoms with Gasteiger partial charge in [-0.3, -0.25) is 4.90 Å². The van der Waals surface area contributed by atoms with Crippen LogP contribution in [-0.2, 0) is 6.54 Å². The minimum atomic E-state index is 0.722. The molecule has 3 atom stereocenters. The third-order valence-electron chi connectivity index (χ3n) is 5.05. The Hall–Kier alpha value is -1.06. The monoisotopic (exact) mass is 274 g/mol. The summed E-state index contributed by atoms with van der Waals surface area (Å²) in [6.45, 7) is 9.13. The summed E-state index contributed by atoms with van der Waals surface area (Å²) in [5.41, 5.74) is 2.65. The van der Waals surface area contributed by atoms with Gasteiger partial charge in [-0.1, -0.05) is 24.6 Å². The number of methoxy groups -OCH3 is 1. The first-order valence-electron chi connectivity index (χ1n) is 7.81. The molecule has 20 heavy (non-hydrogen) atoms. The first-order valence-corrected chi connectivity index (χ1v) is 7.81. The van der Waals surface area contributed by atoms with Crippen LogP contribution in [-0.4, -0.2) is 37.7 Å². The normalized spacial score (nSPS) is 29.6. The minimum absolute atomic E-state index is 0.722. The Bertz CT molecular complexity index is 474. The predicted octanol–water partition coefficient (Wildman–Crippen LogP) is 2.43. The molecule has 0 aromatic heterocycles. The van der Waals surface area contributed by atoms with Gasteiger partial charge >= 0.3 is 0 Å². The van der Waals surface area contributed by atoms with E-state index in [4.69, 9.17) is 4.74 Å². The summed E-state index contributed by atoms with van der Waals surface area (Å²) < 4.78 is 5.53. The van der Waals surface area contributed by atoms with Gasteiger partial charge in [0.2, 0.25) is 0 Å². The second-order valence-corrected chi connectivity index (χ2v) is 6.30. The highest BCUT2D eigenvalue weighted by molar-refractivity contribution is 5.37. The smallest absolute Gasteiger partial charge is 0.123 e. The predicted molar refractivity (Wildman–Crippen MR) is 82.1 cm³/mol. The standard InChI is InChI=1S/C17H26N2O/c1-4-16-15-9-18-8-14(15)11-19(16)10-13-7-12(2)5-6-17(13)20-3/h5-7,14-16,18H,4,8-11H2,1-3H3. The van der Waals surface area contributed by atoms with Crippen LogP contribution in [0.5, 0.6) is 5.75 Å². The highest BCUT2D eigenvalue weighted by Crippen LogP contribution is 2.36. The van der Waals surface area contributed by atoms with Crippen molar-refractivity contribution in [3.05, 3.63) is 29.3 Å². The van der Waals surface area contributed by atoms with E-state index in [0.717, 1.165) is 30.2 Å². The molecular formula is C17H26N2O. The van der Waals surface area contributed by atoms with Gasteiger partial charge in [-0.25, -0.2) is 0 Å². The Morgan fingerprint density at radius 3 is 2.95 bits per heavy atom. The van der Waals surface area contributed by atoms with Crippen LogP contribution in [0.1, 0.15) is 24.5 Å². The molecule has 0 bridgehead atoms. The van der Waals surface area contributed by atoms with Crippen molar-refractivity contribution in [2.75, 3.05) is 26.7 Å². The van der Waals surface area contributed by atoms with Crippen molar-refractivity contribution < 1.29 is 4.74 Å². The van der Waals surface area contributed by atoms with Crippen LogP contribution in [0.2, 0.25) is 0 Å². The molecule has 0 saturated carbocycles. The molecule has 0 spiro atoms. The van der Waals surface area contributed by atoms with Crippen LogP contribution in [0, 0.1) is 18.8 Å². The topological polar surface area (TPSA) is 24.5 Å². The van der Waals surface area contributed by atoms with Gasteiger partial charge in [0.25, 0.3) is 0 Å². The summed E-state index contributed by atoms with van der Waals surface area (Å²) in [7, 11) is 1.77. The van der Waals surface area contributed by atoms with Crippen LogP contribution in [0.3, 0.4) is 0 Å². The number of rotatable bonds is 4. The van der Waals surface area contributed by atoms with Gasteiger partial charge in [-0.05, 0) is 44.3 Å². The molecule has 0 aliphatic carbocycles. The number of hydrogen-bond acceptors (Lipinski definition) is 3. The molecule has 2 saturated heterocycles. The summed E-state index contributed by atoms with van der Waals surface area (Å²) in [6, 6.07) is 7.23. The molecule has 3 heteroatoms. The van der Waals surface area contributed by atoms with Gasteiger partial charge < -0.3 is 10.1 Å². The molecule has 3 unspecified atom stereocenters. The maximum atomic E-state index is 5.53. The SMILES string of the molecule is CCC1C2CNCC2CN1Cc1cc(C)ccc1OC. The van der Waals surface area contributed by atoms with E-state index in [2.05, 4.69) is 42.3 Å². The lowest BCUT2D eigenvalue weighted by Gasteiger charge is -2.27. The number of fused-ring (bicyclic) bond motifs is 1. The van der Waals surface area contributed by atoms with E-state index in [0.29, 0.717) is 0 Å². The Labute approximate surface area is 122 Å². The second kappa shape index (κ2) is 5.74. The highest BCUT2D eigenvalue weighted by Gasteiger charge is 2.42. The lowest BCUT2D eigenvalue weighted by Crippen LogP contribution is -2.34. The van der Waals surface area contributed by atoms with Crippen molar-refractivity contribution in [3.63, 3.8) is 0 Å². The summed E-state index contributed by atoms with van der Waals surface area (Å²) in [5, 5.41) is 3.55. The second-order valence-electron chi connectivity index (χ2n) is 6.30. The van der Waals surface area contributed by atoms with Crippen molar-refractivity contribution in [2.45, 2.75) is 32.9 Å². The summed E-state index contributed by atoms with van der Waals surface area (Å²) >= 11 is 0. The van der Waals surface area contributed by atoms with Crippen LogP contribution in [0.15, 0.2) is 18.2 Å². The van der Waals surface area contributed by atoms with Crippen molar-refractivity contribution in [3.8, 4) is 5.75 Å². The fraction of sp³-hybridized carbons (Fsp3) is 0.647. The molecule has 2 heterocycles. The maximum Gasteiger partial charge on any atom is 0.123 e. The Morgan fingerprint density at radius 1 is 1.35 bits per heavy atom. The van der Waals surface area contributed by atoms with Gasteiger partial charge in [0, 0.05) is 24.7 Å². The summed E-state index contributed by atoms with van der Waals surface area (Å²) in [5.74, 6) is 2.71. The number of nitrogens with zero attached hydrogens (tertiary/aromatic N) is 1. The van der Waals surface area contributed by atoms with Crippen molar-refractivity contribution in [1.82, 2.24) is 10.2 Å². The molecular weight excluding hydrogens is 248 g/mol. The third kappa shape index (κ3) is 2.45. The first-order chi connectivity index (χ1) is 9.72. The fourth-order valence-electron chi connectivity index (χ4n) is 4.10. The molecule has 0 radical (unpaired) electrons. The molecule has 2 aliphatic heterocycles. The number of ether oxygens (including phenoxy) is 1. The molecule has 2 fully saturated rings. The first kappa shape index (κ1) is 13.9. The number of nitrogens with one attached hydrogen (secondary N) is 1. The Kier molecular flexibility index (Phi) is 3.99. The van der Waals surface area contributed by atoms with E-state index in [1.807, 2.05) is 0 Å². The number of benzene rings is 1. The largest absolute Gasteiger partial charge is 0.496 e. The Morgan fingerprint density at radius 2 is 2.20 bits per heavy atom.